The first kappa shape index (κ1) is 21.6. The summed E-state index contributed by atoms with van der Waals surface area (Å²) in [6.07, 6.45) is 19.7. The van der Waals surface area contributed by atoms with Gasteiger partial charge in [0.25, 0.3) is 6.08 Å². The lowest BCUT2D eigenvalue weighted by molar-refractivity contribution is 0.385. The molecule has 0 bridgehead atoms. The molecule has 0 fully saturated rings. The van der Waals surface area contributed by atoms with Gasteiger partial charge in [0.1, 0.15) is 0 Å². The summed E-state index contributed by atoms with van der Waals surface area (Å²) in [6.45, 7) is 2.24. The SMILES string of the molecule is CCCCCCCCCCC1(CC=C(F)F)C=CC(c2ccccc2)C=C1. The number of halogens is 2. The Morgan fingerprint density at radius 2 is 1.48 bits per heavy atom. The van der Waals surface area contributed by atoms with Gasteiger partial charge in [-0.15, -0.1) is 0 Å². The maximum Gasteiger partial charge on any atom is 0.266 e. The Bertz CT molecular complexity index is 594. The Morgan fingerprint density at radius 1 is 0.889 bits per heavy atom. The topological polar surface area (TPSA) is 0 Å². The number of rotatable bonds is 12. The molecule has 2 rings (SSSR count). The van der Waals surface area contributed by atoms with E-state index in [1.54, 1.807) is 0 Å². The second kappa shape index (κ2) is 11.9. The minimum Gasteiger partial charge on any atom is -0.174 e. The van der Waals surface area contributed by atoms with Crippen LogP contribution >= 0.6 is 0 Å². The van der Waals surface area contributed by atoms with Crippen molar-refractivity contribution in [1.29, 1.82) is 0 Å². The van der Waals surface area contributed by atoms with E-state index in [9.17, 15) is 8.78 Å². The standard InChI is InChI=1S/C25H34F2/c1-2-3-4-5-6-7-8-12-18-25(21-17-24(26)27)19-15-23(16-20-25)22-13-10-9-11-14-22/h9-11,13-17,19-20,23H,2-8,12,18,21H2,1H3. The van der Waals surface area contributed by atoms with Gasteiger partial charge in [-0.25, -0.2) is 0 Å². The highest BCUT2D eigenvalue weighted by Crippen LogP contribution is 2.39. The zero-order valence-electron chi connectivity index (χ0n) is 16.7. The van der Waals surface area contributed by atoms with Crippen molar-refractivity contribution in [2.24, 2.45) is 5.41 Å². The Labute approximate surface area is 164 Å². The third kappa shape index (κ3) is 7.82. The first-order valence-electron chi connectivity index (χ1n) is 10.6. The molecule has 0 saturated carbocycles. The number of hydrogen-bond acceptors (Lipinski definition) is 0. The molecule has 27 heavy (non-hydrogen) atoms. The predicted octanol–water partition coefficient (Wildman–Crippen LogP) is 8.58. The highest BCUT2D eigenvalue weighted by atomic mass is 19.3. The third-order valence-corrected chi connectivity index (χ3v) is 5.59. The lowest BCUT2D eigenvalue weighted by Gasteiger charge is -2.30. The van der Waals surface area contributed by atoms with Crippen LogP contribution in [0.4, 0.5) is 8.78 Å². The average Bonchev–Trinajstić information content (AvgIpc) is 2.70. The summed E-state index contributed by atoms with van der Waals surface area (Å²) in [5, 5.41) is 0. The van der Waals surface area contributed by atoms with Crippen molar-refractivity contribution in [3.05, 3.63) is 72.4 Å². The van der Waals surface area contributed by atoms with Gasteiger partial charge in [0, 0.05) is 11.3 Å². The fourth-order valence-corrected chi connectivity index (χ4v) is 3.87. The largest absolute Gasteiger partial charge is 0.266 e. The van der Waals surface area contributed by atoms with Gasteiger partial charge in [-0.2, -0.15) is 8.78 Å². The molecule has 1 aromatic carbocycles. The smallest absolute Gasteiger partial charge is 0.174 e. The van der Waals surface area contributed by atoms with Gasteiger partial charge in [0.2, 0.25) is 0 Å². The molecule has 0 N–H and O–H groups in total. The van der Waals surface area contributed by atoms with Gasteiger partial charge in [0.15, 0.2) is 0 Å². The monoisotopic (exact) mass is 372 g/mol. The van der Waals surface area contributed by atoms with Gasteiger partial charge < -0.3 is 0 Å². The minimum absolute atomic E-state index is 0.247. The van der Waals surface area contributed by atoms with E-state index < -0.39 is 6.08 Å². The van der Waals surface area contributed by atoms with Gasteiger partial charge >= 0.3 is 0 Å². The van der Waals surface area contributed by atoms with Crippen LogP contribution < -0.4 is 0 Å². The van der Waals surface area contributed by atoms with Crippen LogP contribution in [0.5, 0.6) is 0 Å². The van der Waals surface area contributed by atoms with E-state index >= 15 is 0 Å². The van der Waals surface area contributed by atoms with E-state index in [0.29, 0.717) is 6.42 Å². The van der Waals surface area contributed by atoms with Crippen molar-refractivity contribution in [2.75, 3.05) is 0 Å². The van der Waals surface area contributed by atoms with Crippen LogP contribution in [-0.4, -0.2) is 0 Å². The number of hydrogen-bond donors (Lipinski definition) is 0. The number of benzene rings is 1. The Hall–Kier alpha value is -1.70. The highest BCUT2D eigenvalue weighted by Gasteiger charge is 2.26. The molecule has 0 amide bonds. The summed E-state index contributed by atoms with van der Waals surface area (Å²) in [7, 11) is 0. The summed E-state index contributed by atoms with van der Waals surface area (Å²) in [5.41, 5.74) is 0.995. The highest BCUT2D eigenvalue weighted by molar-refractivity contribution is 5.34. The molecular weight excluding hydrogens is 338 g/mol. The van der Waals surface area contributed by atoms with E-state index in [1.165, 1.54) is 50.5 Å². The van der Waals surface area contributed by atoms with Gasteiger partial charge in [-0.05, 0) is 24.5 Å². The van der Waals surface area contributed by atoms with E-state index in [2.05, 4.69) is 43.4 Å². The van der Waals surface area contributed by atoms with Gasteiger partial charge in [0.05, 0.1) is 0 Å². The third-order valence-electron chi connectivity index (χ3n) is 5.59. The van der Waals surface area contributed by atoms with Crippen LogP contribution in [-0.2, 0) is 0 Å². The van der Waals surface area contributed by atoms with Crippen LogP contribution in [0.15, 0.2) is 66.8 Å². The Kier molecular flexibility index (Phi) is 9.52. The number of unbranched alkanes of at least 4 members (excludes halogenated alkanes) is 7. The molecular formula is C25H34F2. The second-order valence-electron chi connectivity index (χ2n) is 7.81. The molecule has 1 aromatic rings. The minimum atomic E-state index is -1.57. The summed E-state index contributed by atoms with van der Waals surface area (Å²) < 4.78 is 25.4. The zero-order chi connectivity index (χ0) is 19.4. The molecule has 2 heteroatoms. The van der Waals surface area contributed by atoms with E-state index in [4.69, 9.17) is 0 Å². The van der Waals surface area contributed by atoms with E-state index in [1.807, 2.05) is 18.2 Å². The van der Waals surface area contributed by atoms with Crippen molar-refractivity contribution < 1.29 is 8.78 Å². The molecule has 0 nitrogen and oxygen atoms in total. The summed E-state index contributed by atoms with van der Waals surface area (Å²) in [5.74, 6) is 0.247. The Morgan fingerprint density at radius 3 is 2.07 bits per heavy atom. The van der Waals surface area contributed by atoms with Crippen molar-refractivity contribution in [3.8, 4) is 0 Å². The van der Waals surface area contributed by atoms with Crippen LogP contribution in [0.2, 0.25) is 0 Å². The average molecular weight is 373 g/mol. The predicted molar refractivity (Wildman–Crippen MR) is 112 cm³/mol. The first-order valence-corrected chi connectivity index (χ1v) is 10.6. The first-order chi connectivity index (χ1) is 13.2. The fraction of sp³-hybridized carbons (Fsp3) is 0.520. The van der Waals surface area contributed by atoms with Crippen LogP contribution in [0.3, 0.4) is 0 Å². The number of allylic oxidation sites excluding steroid dienone is 5. The van der Waals surface area contributed by atoms with Crippen LogP contribution in [0.25, 0.3) is 0 Å². The van der Waals surface area contributed by atoms with Crippen molar-refractivity contribution >= 4 is 0 Å². The fourth-order valence-electron chi connectivity index (χ4n) is 3.87. The summed E-state index contributed by atoms with van der Waals surface area (Å²) in [4.78, 5) is 0. The molecule has 1 aliphatic carbocycles. The molecule has 0 aliphatic heterocycles. The molecule has 1 aliphatic rings. The molecule has 148 valence electrons. The maximum atomic E-state index is 12.7. The lowest BCUT2D eigenvalue weighted by Crippen LogP contribution is -2.17. The normalized spacial score (nSPS) is 21.4. The molecule has 0 spiro atoms. The van der Waals surface area contributed by atoms with E-state index in [-0.39, 0.29) is 11.3 Å². The molecule has 0 heterocycles. The summed E-state index contributed by atoms with van der Waals surface area (Å²) in [6, 6.07) is 10.3. The lowest BCUT2D eigenvalue weighted by atomic mass is 9.74. The second-order valence-corrected chi connectivity index (χ2v) is 7.81. The molecule has 0 unspecified atom stereocenters. The van der Waals surface area contributed by atoms with Crippen molar-refractivity contribution in [1.82, 2.24) is 0 Å². The molecule has 0 aromatic heterocycles. The van der Waals surface area contributed by atoms with E-state index in [0.717, 1.165) is 18.9 Å². The van der Waals surface area contributed by atoms with Crippen molar-refractivity contribution in [3.63, 3.8) is 0 Å². The Balaban J connectivity index is 1.87. The van der Waals surface area contributed by atoms with Crippen LogP contribution in [0.1, 0.15) is 82.6 Å². The quantitative estimate of drug-likeness (QED) is 0.254. The maximum absolute atomic E-state index is 12.7. The molecule has 0 radical (unpaired) electrons. The summed E-state index contributed by atoms with van der Waals surface area (Å²) >= 11 is 0. The van der Waals surface area contributed by atoms with Crippen LogP contribution in [0, 0.1) is 5.41 Å². The van der Waals surface area contributed by atoms with Crippen molar-refractivity contribution in [2.45, 2.75) is 77.0 Å². The zero-order valence-corrected chi connectivity index (χ0v) is 16.7. The van der Waals surface area contributed by atoms with Gasteiger partial charge in [-0.3, -0.25) is 0 Å². The molecule has 0 saturated heterocycles. The molecule has 0 atom stereocenters. The van der Waals surface area contributed by atoms with Gasteiger partial charge in [-0.1, -0.05) is 113 Å².